The zero-order valence-electron chi connectivity index (χ0n) is 17.0. The summed E-state index contributed by atoms with van der Waals surface area (Å²) >= 11 is 0. The Morgan fingerprint density at radius 3 is 1.54 bits per heavy atom. The summed E-state index contributed by atoms with van der Waals surface area (Å²) in [4.78, 5) is 0. The summed E-state index contributed by atoms with van der Waals surface area (Å²) < 4.78 is 0. The van der Waals surface area contributed by atoms with Gasteiger partial charge in [0, 0.05) is 0 Å². The number of rotatable bonds is 2. The third-order valence-corrected chi connectivity index (χ3v) is 3.71. The van der Waals surface area contributed by atoms with E-state index in [-0.39, 0.29) is 29.1 Å². The first-order chi connectivity index (χ1) is 12.7. The molecule has 0 aromatic heterocycles. The molecule has 0 aliphatic rings. The molecule has 0 aliphatic heterocycles. The minimum atomic E-state index is 0. The Morgan fingerprint density at radius 1 is 0.679 bits per heavy atom. The van der Waals surface area contributed by atoms with Crippen molar-refractivity contribution in [1.29, 1.82) is 0 Å². The first kappa shape index (κ1) is 25.7. The smallest absolute Gasteiger partial charge is 0.358 e. The molecular formula is C27H28Ti. The van der Waals surface area contributed by atoms with Crippen molar-refractivity contribution in [3.63, 3.8) is 0 Å². The summed E-state index contributed by atoms with van der Waals surface area (Å²) in [7, 11) is 0. The van der Waals surface area contributed by atoms with Crippen molar-refractivity contribution in [3.05, 3.63) is 145 Å². The molecule has 0 saturated heterocycles. The second-order valence-corrected chi connectivity index (χ2v) is 6.12. The van der Waals surface area contributed by atoms with Crippen LogP contribution in [-0.2, 0) is 28.1 Å². The van der Waals surface area contributed by atoms with Crippen LogP contribution >= 0.6 is 0 Å². The molecule has 0 bridgehead atoms. The standard InChI is InChI=1S/C12H11.2C7H7.CH3.Ti/c1-2-6-11(7-3-1)10-12-8-4-5-9-12;2*1-7-5-3-2-4-6-7;;/h1-9H,10H2;2*2-3,5-6H,1H3;1H3;/q4*-1;+4. The van der Waals surface area contributed by atoms with Crippen molar-refractivity contribution < 1.29 is 21.7 Å². The molecule has 4 aromatic rings. The van der Waals surface area contributed by atoms with Gasteiger partial charge in [-0.25, -0.2) is 12.1 Å². The van der Waals surface area contributed by atoms with Gasteiger partial charge in [0.15, 0.2) is 0 Å². The topological polar surface area (TPSA) is 0 Å². The minimum Gasteiger partial charge on any atom is -0.358 e. The third kappa shape index (κ3) is 11.4. The largest absolute Gasteiger partial charge is 4.00 e. The van der Waals surface area contributed by atoms with E-state index in [2.05, 4.69) is 92.7 Å². The van der Waals surface area contributed by atoms with Crippen LogP contribution in [0, 0.1) is 33.4 Å². The number of hydrogen-bond acceptors (Lipinski definition) is 0. The molecule has 0 amide bonds. The average molecular weight is 400 g/mol. The molecule has 4 aromatic carbocycles. The van der Waals surface area contributed by atoms with Crippen LogP contribution in [0.25, 0.3) is 0 Å². The zero-order valence-corrected chi connectivity index (χ0v) is 18.6. The predicted molar refractivity (Wildman–Crippen MR) is 118 cm³/mol. The third-order valence-electron chi connectivity index (χ3n) is 3.71. The van der Waals surface area contributed by atoms with Crippen LogP contribution in [0.5, 0.6) is 0 Å². The molecule has 0 fully saturated rings. The van der Waals surface area contributed by atoms with Gasteiger partial charge in [0.05, 0.1) is 0 Å². The van der Waals surface area contributed by atoms with Crippen molar-refractivity contribution in [2.45, 2.75) is 20.3 Å². The van der Waals surface area contributed by atoms with Gasteiger partial charge in [-0.2, -0.15) is 89.5 Å². The van der Waals surface area contributed by atoms with E-state index in [4.69, 9.17) is 0 Å². The van der Waals surface area contributed by atoms with E-state index in [9.17, 15) is 0 Å². The summed E-state index contributed by atoms with van der Waals surface area (Å²) in [5.41, 5.74) is 5.30. The maximum absolute atomic E-state index is 2.96. The summed E-state index contributed by atoms with van der Waals surface area (Å²) in [5, 5.41) is 0. The maximum Gasteiger partial charge on any atom is 4.00 e. The molecule has 28 heavy (non-hydrogen) atoms. The second-order valence-electron chi connectivity index (χ2n) is 6.12. The average Bonchev–Trinajstić information content (AvgIpc) is 3.18. The van der Waals surface area contributed by atoms with Gasteiger partial charge in [-0.3, -0.25) is 0 Å². The van der Waals surface area contributed by atoms with Gasteiger partial charge in [-0.15, -0.1) is 0 Å². The molecule has 0 unspecified atom stereocenters. The van der Waals surface area contributed by atoms with Crippen LogP contribution in [-0.4, -0.2) is 0 Å². The molecule has 140 valence electrons. The van der Waals surface area contributed by atoms with E-state index in [0.717, 1.165) is 6.42 Å². The van der Waals surface area contributed by atoms with E-state index in [1.807, 2.05) is 36.4 Å². The van der Waals surface area contributed by atoms with Crippen molar-refractivity contribution in [2.24, 2.45) is 0 Å². The zero-order chi connectivity index (χ0) is 18.5. The molecule has 0 N–H and O–H groups in total. The second kappa shape index (κ2) is 15.8. The Morgan fingerprint density at radius 2 is 1.18 bits per heavy atom. The molecule has 0 saturated carbocycles. The van der Waals surface area contributed by atoms with Gasteiger partial charge in [-0.1, -0.05) is 49.7 Å². The SMILES string of the molecule is Cc1c[c-]ccc1.Cc1c[c-]ccc1.[CH3-].[Ti+4].c1ccc(C[c-]2cccc2)cc1. The molecule has 0 radical (unpaired) electrons. The van der Waals surface area contributed by atoms with Crippen LogP contribution in [0.15, 0.2) is 103 Å². The molecule has 4 rings (SSSR count). The fourth-order valence-electron chi connectivity index (χ4n) is 2.33. The molecule has 0 heterocycles. The van der Waals surface area contributed by atoms with Crippen molar-refractivity contribution >= 4 is 0 Å². The summed E-state index contributed by atoms with van der Waals surface area (Å²) in [6, 6.07) is 40.7. The quantitative estimate of drug-likeness (QED) is 0.250. The monoisotopic (exact) mass is 400 g/mol. The van der Waals surface area contributed by atoms with Crippen LogP contribution < -0.4 is 0 Å². The van der Waals surface area contributed by atoms with Gasteiger partial charge in [0.25, 0.3) is 0 Å². The number of benzene rings is 3. The summed E-state index contributed by atoms with van der Waals surface area (Å²) in [5.74, 6) is 0. The molecular weight excluding hydrogens is 372 g/mol. The van der Waals surface area contributed by atoms with Crippen molar-refractivity contribution in [2.75, 3.05) is 0 Å². The first-order valence-corrected chi connectivity index (χ1v) is 8.84. The van der Waals surface area contributed by atoms with E-state index in [1.165, 1.54) is 22.3 Å². The molecule has 0 aliphatic carbocycles. The Kier molecular flexibility index (Phi) is 14.5. The van der Waals surface area contributed by atoms with E-state index >= 15 is 0 Å². The van der Waals surface area contributed by atoms with Gasteiger partial charge >= 0.3 is 21.7 Å². The van der Waals surface area contributed by atoms with Gasteiger partial charge in [0.1, 0.15) is 0 Å². The Hall–Kier alpha value is -2.28. The van der Waals surface area contributed by atoms with Gasteiger partial charge in [-0.05, 0) is 6.42 Å². The minimum absolute atomic E-state index is 0. The van der Waals surface area contributed by atoms with E-state index < -0.39 is 0 Å². The van der Waals surface area contributed by atoms with Gasteiger partial charge < -0.3 is 7.43 Å². The van der Waals surface area contributed by atoms with Crippen LogP contribution in [0.2, 0.25) is 0 Å². The Balaban J connectivity index is 0.000000399. The predicted octanol–water partition coefficient (Wildman–Crippen LogP) is 7.03. The van der Waals surface area contributed by atoms with E-state index in [1.54, 1.807) is 0 Å². The van der Waals surface area contributed by atoms with Crippen molar-refractivity contribution in [3.8, 4) is 0 Å². The van der Waals surface area contributed by atoms with Crippen LogP contribution in [0.1, 0.15) is 22.3 Å². The van der Waals surface area contributed by atoms with Crippen LogP contribution in [0.3, 0.4) is 0 Å². The molecule has 1 heteroatoms. The summed E-state index contributed by atoms with van der Waals surface area (Å²) in [6.45, 7) is 4.10. The molecule has 0 atom stereocenters. The fraction of sp³-hybridized carbons (Fsp3) is 0.111. The summed E-state index contributed by atoms with van der Waals surface area (Å²) in [6.07, 6.45) is 1.05. The molecule has 0 spiro atoms. The fourth-order valence-corrected chi connectivity index (χ4v) is 2.33. The first-order valence-electron chi connectivity index (χ1n) is 8.84. The Labute approximate surface area is 186 Å². The van der Waals surface area contributed by atoms with Gasteiger partial charge in [0.2, 0.25) is 0 Å². The Bertz CT molecular complexity index is 767. The number of hydrogen-bond donors (Lipinski definition) is 0. The molecule has 0 nitrogen and oxygen atoms in total. The maximum atomic E-state index is 2.96. The normalized spacial score (nSPS) is 8.64. The number of aryl methyl sites for hydroxylation is 2. The van der Waals surface area contributed by atoms with Crippen molar-refractivity contribution in [1.82, 2.24) is 0 Å². The van der Waals surface area contributed by atoms with Crippen LogP contribution in [0.4, 0.5) is 0 Å². The van der Waals surface area contributed by atoms with E-state index in [0.29, 0.717) is 0 Å².